The summed E-state index contributed by atoms with van der Waals surface area (Å²) < 4.78 is 39.3. The Morgan fingerprint density at radius 3 is 2.40 bits per heavy atom. The van der Waals surface area contributed by atoms with Crippen molar-refractivity contribution in [1.29, 1.82) is 0 Å². The minimum atomic E-state index is -4.33. The van der Waals surface area contributed by atoms with Crippen LogP contribution < -0.4 is 5.73 Å². The van der Waals surface area contributed by atoms with Crippen LogP contribution in [0.4, 0.5) is 13.2 Å². The van der Waals surface area contributed by atoms with Crippen LogP contribution in [0.15, 0.2) is 24.3 Å². The standard InChI is InChI=1S/C15H21F3N2/c1-11-6-8-20(9-7-11)14(10-19)12-4-2-3-5-13(12)15(16,17)18/h2-5,11,14H,6-10,19H2,1H3/t14-/m0/s1. The zero-order valence-corrected chi connectivity index (χ0v) is 11.7. The number of hydrogen-bond acceptors (Lipinski definition) is 2. The summed E-state index contributed by atoms with van der Waals surface area (Å²) in [7, 11) is 0. The molecule has 0 unspecified atom stereocenters. The predicted molar refractivity (Wildman–Crippen MR) is 73.2 cm³/mol. The van der Waals surface area contributed by atoms with Gasteiger partial charge in [-0.25, -0.2) is 0 Å². The molecule has 1 saturated heterocycles. The largest absolute Gasteiger partial charge is 0.416 e. The van der Waals surface area contributed by atoms with E-state index in [1.165, 1.54) is 6.07 Å². The van der Waals surface area contributed by atoms with Crippen LogP contribution in [-0.4, -0.2) is 24.5 Å². The Morgan fingerprint density at radius 2 is 1.85 bits per heavy atom. The summed E-state index contributed by atoms with van der Waals surface area (Å²) in [6.45, 7) is 4.02. The topological polar surface area (TPSA) is 29.3 Å². The normalized spacial score (nSPS) is 20.1. The van der Waals surface area contributed by atoms with Crippen molar-refractivity contribution in [3.8, 4) is 0 Å². The quantitative estimate of drug-likeness (QED) is 0.922. The van der Waals surface area contributed by atoms with Gasteiger partial charge in [0.05, 0.1) is 5.56 Å². The molecule has 0 saturated carbocycles. The van der Waals surface area contributed by atoms with Crippen LogP contribution in [0.2, 0.25) is 0 Å². The lowest BCUT2D eigenvalue weighted by molar-refractivity contribution is -0.138. The van der Waals surface area contributed by atoms with Crippen molar-refractivity contribution in [1.82, 2.24) is 4.90 Å². The van der Waals surface area contributed by atoms with Crippen LogP contribution >= 0.6 is 0 Å². The van der Waals surface area contributed by atoms with Gasteiger partial charge >= 0.3 is 6.18 Å². The molecule has 0 spiro atoms. The van der Waals surface area contributed by atoms with Crippen LogP contribution in [-0.2, 0) is 6.18 Å². The molecule has 2 N–H and O–H groups in total. The minimum absolute atomic E-state index is 0.210. The van der Waals surface area contributed by atoms with Crippen molar-refractivity contribution in [2.75, 3.05) is 19.6 Å². The number of rotatable bonds is 3. The molecular weight excluding hydrogens is 265 g/mol. The highest BCUT2D eigenvalue weighted by molar-refractivity contribution is 5.32. The van der Waals surface area contributed by atoms with Gasteiger partial charge in [-0.05, 0) is 43.5 Å². The highest BCUT2D eigenvalue weighted by Gasteiger charge is 2.36. The van der Waals surface area contributed by atoms with Gasteiger partial charge in [0, 0.05) is 12.6 Å². The SMILES string of the molecule is CC1CCN([C@@H](CN)c2ccccc2C(F)(F)F)CC1. The number of benzene rings is 1. The van der Waals surface area contributed by atoms with E-state index in [-0.39, 0.29) is 12.6 Å². The van der Waals surface area contributed by atoms with Gasteiger partial charge in [0.15, 0.2) is 0 Å². The van der Waals surface area contributed by atoms with Crippen molar-refractivity contribution in [2.24, 2.45) is 11.7 Å². The maximum absolute atomic E-state index is 13.1. The van der Waals surface area contributed by atoms with Crippen LogP contribution in [0.3, 0.4) is 0 Å². The molecule has 0 aliphatic carbocycles. The Hall–Kier alpha value is -1.07. The Morgan fingerprint density at radius 1 is 1.25 bits per heavy atom. The number of piperidine rings is 1. The molecule has 1 heterocycles. The van der Waals surface area contributed by atoms with E-state index in [4.69, 9.17) is 5.73 Å². The molecule has 1 fully saturated rings. The van der Waals surface area contributed by atoms with Crippen molar-refractivity contribution in [2.45, 2.75) is 32.0 Å². The maximum Gasteiger partial charge on any atom is 0.416 e. The Labute approximate surface area is 117 Å². The molecule has 20 heavy (non-hydrogen) atoms. The minimum Gasteiger partial charge on any atom is -0.329 e. The highest BCUT2D eigenvalue weighted by atomic mass is 19.4. The molecule has 5 heteroatoms. The summed E-state index contributed by atoms with van der Waals surface area (Å²) in [5.41, 5.74) is 5.52. The van der Waals surface area contributed by atoms with E-state index >= 15 is 0 Å². The van der Waals surface area contributed by atoms with Crippen molar-refractivity contribution in [3.05, 3.63) is 35.4 Å². The Bertz CT molecular complexity index is 437. The summed E-state index contributed by atoms with van der Waals surface area (Å²) in [6.07, 6.45) is -2.29. The molecule has 1 atom stereocenters. The second-order valence-corrected chi connectivity index (χ2v) is 5.56. The van der Waals surface area contributed by atoms with Gasteiger partial charge in [0.25, 0.3) is 0 Å². The monoisotopic (exact) mass is 286 g/mol. The third-order valence-electron chi connectivity index (χ3n) is 4.11. The van der Waals surface area contributed by atoms with Gasteiger partial charge in [0.1, 0.15) is 0 Å². The predicted octanol–water partition coefficient (Wildman–Crippen LogP) is 3.44. The lowest BCUT2D eigenvalue weighted by Crippen LogP contribution is -2.40. The fourth-order valence-corrected chi connectivity index (χ4v) is 2.86. The smallest absolute Gasteiger partial charge is 0.329 e. The first-order valence-corrected chi connectivity index (χ1v) is 7.03. The van der Waals surface area contributed by atoms with E-state index in [9.17, 15) is 13.2 Å². The third-order valence-corrected chi connectivity index (χ3v) is 4.11. The first kappa shape index (κ1) is 15.3. The number of hydrogen-bond donors (Lipinski definition) is 1. The second-order valence-electron chi connectivity index (χ2n) is 5.56. The first-order chi connectivity index (χ1) is 9.43. The second kappa shape index (κ2) is 6.14. The lowest BCUT2D eigenvalue weighted by Gasteiger charge is -2.37. The molecule has 2 rings (SSSR count). The van der Waals surface area contributed by atoms with E-state index in [2.05, 4.69) is 11.8 Å². The fourth-order valence-electron chi connectivity index (χ4n) is 2.86. The van der Waals surface area contributed by atoms with Gasteiger partial charge in [-0.3, -0.25) is 4.90 Å². The van der Waals surface area contributed by atoms with E-state index in [1.807, 2.05) is 0 Å². The van der Waals surface area contributed by atoms with Gasteiger partial charge < -0.3 is 5.73 Å². The van der Waals surface area contributed by atoms with Gasteiger partial charge in [-0.2, -0.15) is 13.2 Å². The Balaban J connectivity index is 2.28. The van der Waals surface area contributed by atoms with Gasteiger partial charge in [0.2, 0.25) is 0 Å². The molecule has 1 aliphatic rings. The van der Waals surface area contributed by atoms with Crippen LogP contribution in [0, 0.1) is 5.92 Å². The van der Waals surface area contributed by atoms with Gasteiger partial charge in [-0.15, -0.1) is 0 Å². The summed E-state index contributed by atoms with van der Waals surface area (Å²) in [4.78, 5) is 2.09. The summed E-state index contributed by atoms with van der Waals surface area (Å²) >= 11 is 0. The fraction of sp³-hybridized carbons (Fsp3) is 0.600. The molecule has 0 aromatic heterocycles. The van der Waals surface area contributed by atoms with Crippen LogP contribution in [0.25, 0.3) is 0 Å². The number of alkyl halides is 3. The van der Waals surface area contributed by atoms with Crippen LogP contribution in [0.1, 0.15) is 36.9 Å². The summed E-state index contributed by atoms with van der Waals surface area (Å²) in [5, 5.41) is 0. The first-order valence-electron chi connectivity index (χ1n) is 7.03. The number of halogens is 3. The number of nitrogens with zero attached hydrogens (tertiary/aromatic N) is 1. The highest BCUT2D eigenvalue weighted by Crippen LogP contribution is 2.36. The Kier molecular flexibility index (Phi) is 4.70. The molecule has 1 aromatic rings. The van der Waals surface area contributed by atoms with Gasteiger partial charge in [-0.1, -0.05) is 25.1 Å². The van der Waals surface area contributed by atoms with E-state index in [0.717, 1.165) is 32.0 Å². The molecule has 1 aromatic carbocycles. The van der Waals surface area contributed by atoms with E-state index in [0.29, 0.717) is 11.5 Å². The summed E-state index contributed by atoms with van der Waals surface area (Å²) in [5.74, 6) is 0.641. The number of nitrogens with two attached hydrogens (primary N) is 1. The molecular formula is C15H21F3N2. The lowest BCUT2D eigenvalue weighted by atomic mass is 9.93. The van der Waals surface area contributed by atoms with Crippen LogP contribution in [0.5, 0.6) is 0 Å². The maximum atomic E-state index is 13.1. The van der Waals surface area contributed by atoms with Crippen molar-refractivity contribution >= 4 is 0 Å². The molecule has 0 bridgehead atoms. The molecule has 2 nitrogen and oxygen atoms in total. The third kappa shape index (κ3) is 3.33. The van der Waals surface area contributed by atoms with E-state index < -0.39 is 11.7 Å². The molecule has 1 aliphatic heterocycles. The molecule has 112 valence electrons. The average molecular weight is 286 g/mol. The van der Waals surface area contributed by atoms with Crippen molar-refractivity contribution < 1.29 is 13.2 Å². The van der Waals surface area contributed by atoms with E-state index in [1.54, 1.807) is 12.1 Å². The van der Waals surface area contributed by atoms with Crippen molar-refractivity contribution in [3.63, 3.8) is 0 Å². The average Bonchev–Trinajstić information content (AvgIpc) is 2.41. The zero-order valence-electron chi connectivity index (χ0n) is 11.7. The molecule has 0 amide bonds. The molecule has 0 radical (unpaired) electrons. The summed E-state index contributed by atoms with van der Waals surface area (Å²) in [6, 6.07) is 5.43. The number of likely N-dealkylation sites (tertiary alicyclic amines) is 1. The zero-order chi connectivity index (χ0) is 14.8.